The molecule has 2 amide bonds. The number of amides is 2. The maximum atomic E-state index is 12.7. The minimum Gasteiger partial charge on any atom is -0.345 e. The summed E-state index contributed by atoms with van der Waals surface area (Å²) >= 11 is 0. The van der Waals surface area contributed by atoms with E-state index in [1.807, 2.05) is 20.8 Å². The lowest BCUT2D eigenvalue weighted by Gasteiger charge is -2.33. The average molecular weight is 379 g/mol. The van der Waals surface area contributed by atoms with Gasteiger partial charge in [0.15, 0.2) is 0 Å². The first-order chi connectivity index (χ1) is 13.3. The highest BCUT2D eigenvalue weighted by Crippen LogP contribution is 2.18. The topological polar surface area (TPSA) is 113 Å². The van der Waals surface area contributed by atoms with E-state index in [0.29, 0.717) is 23.4 Å². The number of nitrogens with one attached hydrogen (secondary N) is 3. The highest BCUT2D eigenvalue weighted by Gasteiger charge is 2.29. The Bertz CT molecular complexity index is 1010. The number of carbonyl (C=O) groups excluding carboxylic acids is 2. The molecule has 1 heterocycles. The van der Waals surface area contributed by atoms with Gasteiger partial charge in [-0.1, -0.05) is 19.9 Å². The number of nitrogens with zero attached hydrogens (tertiary/aromatic N) is 1. The largest absolute Gasteiger partial charge is 0.345 e. The summed E-state index contributed by atoms with van der Waals surface area (Å²) in [5.74, 6) is -0.304. The van der Waals surface area contributed by atoms with E-state index in [9.17, 15) is 9.59 Å². The van der Waals surface area contributed by atoms with Gasteiger partial charge in [-0.05, 0) is 49.2 Å². The molecule has 146 valence electrons. The summed E-state index contributed by atoms with van der Waals surface area (Å²) in [6, 6.07) is 12.1. The third-order valence-corrected chi connectivity index (χ3v) is 5.16. The number of imidazole rings is 1. The lowest BCUT2D eigenvalue weighted by molar-refractivity contribution is 0.0882. The molecule has 0 bridgehead atoms. The van der Waals surface area contributed by atoms with Gasteiger partial charge in [0, 0.05) is 23.4 Å². The van der Waals surface area contributed by atoms with Crippen molar-refractivity contribution in [3.05, 3.63) is 59.9 Å². The zero-order valence-electron chi connectivity index (χ0n) is 16.2. The van der Waals surface area contributed by atoms with E-state index >= 15 is 0 Å². The van der Waals surface area contributed by atoms with Crippen LogP contribution >= 0.6 is 0 Å². The maximum Gasteiger partial charge on any atom is 0.255 e. The van der Waals surface area contributed by atoms with Gasteiger partial charge in [-0.15, -0.1) is 0 Å². The number of hydrogen-bond donors (Lipinski definition) is 4. The predicted molar refractivity (Wildman–Crippen MR) is 110 cm³/mol. The van der Waals surface area contributed by atoms with E-state index < -0.39 is 5.54 Å². The standard InChI is InChI=1S/C21H25N5O2/c1-13(2)21(3,11-22)26-20(28)14-5-4-6-16(9-14)25-19(27)15-7-8-17-18(10-15)24-12-23-17/h4-10,12-13H,11,22H2,1-3H3,(H,23,24)(H,25,27)(H,26,28). The molecular formula is C21H25N5O2. The van der Waals surface area contributed by atoms with Gasteiger partial charge in [-0.2, -0.15) is 0 Å². The Morgan fingerprint density at radius 3 is 2.61 bits per heavy atom. The van der Waals surface area contributed by atoms with Crippen molar-refractivity contribution >= 4 is 28.5 Å². The molecule has 0 saturated heterocycles. The second kappa shape index (κ2) is 7.82. The SMILES string of the molecule is CC(C)C(C)(CN)NC(=O)c1cccc(NC(=O)c2ccc3nc[nH]c3c2)c1. The van der Waals surface area contributed by atoms with Crippen molar-refractivity contribution < 1.29 is 9.59 Å². The van der Waals surface area contributed by atoms with E-state index in [4.69, 9.17) is 5.73 Å². The first kappa shape index (κ1) is 19.6. The van der Waals surface area contributed by atoms with Crippen molar-refractivity contribution in [1.82, 2.24) is 15.3 Å². The molecule has 28 heavy (non-hydrogen) atoms. The van der Waals surface area contributed by atoms with Crippen LogP contribution in [0.5, 0.6) is 0 Å². The fraction of sp³-hybridized carbons (Fsp3) is 0.286. The second-order valence-electron chi connectivity index (χ2n) is 7.40. The zero-order chi connectivity index (χ0) is 20.3. The van der Waals surface area contributed by atoms with Crippen LogP contribution in [0.2, 0.25) is 0 Å². The quantitative estimate of drug-likeness (QED) is 0.527. The Balaban J connectivity index is 1.75. The van der Waals surface area contributed by atoms with Crippen molar-refractivity contribution in [3.8, 4) is 0 Å². The number of fused-ring (bicyclic) bond motifs is 1. The van der Waals surface area contributed by atoms with Crippen LogP contribution in [0.15, 0.2) is 48.8 Å². The molecule has 7 heteroatoms. The number of nitrogens with two attached hydrogens (primary N) is 1. The summed E-state index contributed by atoms with van der Waals surface area (Å²) in [6.07, 6.45) is 1.58. The number of aromatic nitrogens is 2. The van der Waals surface area contributed by atoms with Crippen LogP contribution in [0.25, 0.3) is 11.0 Å². The van der Waals surface area contributed by atoms with E-state index in [1.165, 1.54) is 0 Å². The molecule has 0 radical (unpaired) electrons. The molecule has 0 aliphatic heterocycles. The number of hydrogen-bond acceptors (Lipinski definition) is 4. The van der Waals surface area contributed by atoms with Crippen LogP contribution in [-0.2, 0) is 0 Å². The molecule has 0 saturated carbocycles. The molecule has 0 aliphatic rings. The monoisotopic (exact) mass is 379 g/mol. The zero-order valence-corrected chi connectivity index (χ0v) is 16.2. The summed E-state index contributed by atoms with van der Waals surface area (Å²) < 4.78 is 0. The van der Waals surface area contributed by atoms with Crippen molar-refractivity contribution in [2.24, 2.45) is 11.7 Å². The Morgan fingerprint density at radius 2 is 1.89 bits per heavy atom. The van der Waals surface area contributed by atoms with Crippen molar-refractivity contribution in [3.63, 3.8) is 0 Å². The van der Waals surface area contributed by atoms with Crippen molar-refractivity contribution in [1.29, 1.82) is 0 Å². The van der Waals surface area contributed by atoms with Gasteiger partial charge in [0.2, 0.25) is 0 Å². The van der Waals surface area contributed by atoms with Crippen LogP contribution in [0.3, 0.4) is 0 Å². The summed E-state index contributed by atoms with van der Waals surface area (Å²) in [7, 11) is 0. The Kier molecular flexibility index (Phi) is 5.46. The smallest absolute Gasteiger partial charge is 0.255 e. The molecule has 0 spiro atoms. The average Bonchev–Trinajstić information content (AvgIpc) is 3.15. The molecule has 0 aliphatic carbocycles. The van der Waals surface area contributed by atoms with Gasteiger partial charge in [0.1, 0.15) is 0 Å². The van der Waals surface area contributed by atoms with Gasteiger partial charge in [-0.3, -0.25) is 9.59 Å². The number of benzene rings is 2. The van der Waals surface area contributed by atoms with Gasteiger partial charge in [0.05, 0.1) is 22.9 Å². The summed E-state index contributed by atoms with van der Waals surface area (Å²) in [4.78, 5) is 32.3. The first-order valence-electron chi connectivity index (χ1n) is 9.19. The van der Waals surface area contributed by atoms with Crippen LogP contribution in [0.4, 0.5) is 5.69 Å². The van der Waals surface area contributed by atoms with E-state index in [0.717, 1.165) is 11.0 Å². The minimum atomic E-state index is -0.504. The molecule has 1 aromatic heterocycles. The maximum absolute atomic E-state index is 12.7. The summed E-state index contributed by atoms with van der Waals surface area (Å²) in [5.41, 5.74) is 8.43. The highest BCUT2D eigenvalue weighted by atomic mass is 16.2. The molecule has 2 aromatic carbocycles. The van der Waals surface area contributed by atoms with Gasteiger partial charge >= 0.3 is 0 Å². The number of anilines is 1. The predicted octanol–water partition coefficient (Wildman–Crippen LogP) is 2.92. The number of aromatic amines is 1. The lowest BCUT2D eigenvalue weighted by Crippen LogP contribution is -2.55. The fourth-order valence-corrected chi connectivity index (χ4v) is 2.78. The first-order valence-corrected chi connectivity index (χ1v) is 9.19. The molecule has 3 rings (SSSR count). The van der Waals surface area contributed by atoms with Crippen LogP contribution < -0.4 is 16.4 Å². The number of H-pyrrole nitrogens is 1. The second-order valence-corrected chi connectivity index (χ2v) is 7.40. The summed E-state index contributed by atoms with van der Waals surface area (Å²) in [5, 5.41) is 5.83. The number of rotatable bonds is 6. The molecule has 7 nitrogen and oxygen atoms in total. The van der Waals surface area contributed by atoms with Gasteiger partial charge in [0.25, 0.3) is 11.8 Å². The summed E-state index contributed by atoms with van der Waals surface area (Å²) in [6.45, 7) is 6.29. The van der Waals surface area contributed by atoms with Gasteiger partial charge in [-0.25, -0.2) is 4.98 Å². The van der Waals surface area contributed by atoms with E-state index in [1.54, 1.807) is 48.8 Å². The number of carbonyl (C=O) groups is 2. The van der Waals surface area contributed by atoms with Crippen molar-refractivity contribution in [2.75, 3.05) is 11.9 Å². The third kappa shape index (κ3) is 4.04. The third-order valence-electron chi connectivity index (χ3n) is 5.16. The molecule has 3 aromatic rings. The highest BCUT2D eigenvalue weighted by molar-refractivity contribution is 6.06. The van der Waals surface area contributed by atoms with Crippen LogP contribution in [0, 0.1) is 5.92 Å². The van der Waals surface area contributed by atoms with E-state index in [2.05, 4.69) is 20.6 Å². The fourth-order valence-electron chi connectivity index (χ4n) is 2.78. The molecular weight excluding hydrogens is 354 g/mol. The minimum absolute atomic E-state index is 0.182. The Morgan fingerprint density at radius 1 is 1.14 bits per heavy atom. The van der Waals surface area contributed by atoms with Crippen LogP contribution in [-0.4, -0.2) is 33.9 Å². The molecule has 1 unspecified atom stereocenters. The van der Waals surface area contributed by atoms with Crippen LogP contribution in [0.1, 0.15) is 41.5 Å². The Labute approximate surface area is 163 Å². The molecule has 5 N–H and O–H groups in total. The van der Waals surface area contributed by atoms with E-state index in [-0.39, 0.29) is 17.7 Å². The normalized spacial score (nSPS) is 13.3. The Hall–Kier alpha value is -3.19. The molecule has 0 fully saturated rings. The lowest BCUT2D eigenvalue weighted by atomic mass is 9.88. The van der Waals surface area contributed by atoms with Gasteiger partial charge < -0.3 is 21.4 Å². The molecule has 1 atom stereocenters. The van der Waals surface area contributed by atoms with Crippen molar-refractivity contribution in [2.45, 2.75) is 26.3 Å².